The molecule has 0 aromatic carbocycles. The second-order valence-corrected chi connectivity index (χ2v) is 8.05. The molecule has 30 heavy (non-hydrogen) atoms. The van der Waals surface area contributed by atoms with Crippen molar-refractivity contribution in [1.82, 2.24) is 19.9 Å². The molecule has 2 unspecified atom stereocenters. The lowest BCUT2D eigenvalue weighted by atomic mass is 10.0. The second kappa shape index (κ2) is 8.67. The lowest BCUT2D eigenvalue weighted by molar-refractivity contribution is -0.0102. The quantitative estimate of drug-likeness (QED) is 0.825. The van der Waals surface area contributed by atoms with E-state index in [0.29, 0.717) is 37.4 Å². The minimum Gasteiger partial charge on any atom is -0.370 e. The number of imidazole rings is 1. The Morgan fingerprint density at radius 3 is 2.87 bits per heavy atom. The van der Waals surface area contributed by atoms with Gasteiger partial charge in [-0.05, 0) is 25.0 Å². The number of alkyl halides is 2. The van der Waals surface area contributed by atoms with Gasteiger partial charge in [-0.3, -0.25) is 4.79 Å². The zero-order chi connectivity index (χ0) is 21.1. The minimum atomic E-state index is -2.61. The lowest BCUT2D eigenvalue weighted by Crippen LogP contribution is -2.40. The topological polar surface area (TPSA) is 72.3 Å². The highest BCUT2D eigenvalue weighted by atomic mass is 19.3. The molecule has 1 N–H and O–H groups in total. The number of rotatable bonds is 4. The van der Waals surface area contributed by atoms with Gasteiger partial charge in [0.15, 0.2) is 0 Å². The van der Waals surface area contributed by atoms with Crippen molar-refractivity contribution in [2.75, 3.05) is 24.6 Å². The van der Waals surface area contributed by atoms with Gasteiger partial charge in [0.25, 0.3) is 5.91 Å². The molecule has 2 aliphatic heterocycles. The van der Waals surface area contributed by atoms with E-state index >= 15 is 0 Å². The van der Waals surface area contributed by atoms with Crippen LogP contribution < -0.4 is 10.2 Å². The van der Waals surface area contributed by atoms with Crippen LogP contribution in [-0.4, -0.2) is 52.1 Å². The Hall–Kier alpha value is -2.55. The van der Waals surface area contributed by atoms with Crippen LogP contribution in [-0.2, 0) is 11.8 Å². The molecule has 2 aliphatic rings. The van der Waals surface area contributed by atoms with Gasteiger partial charge in [0.2, 0.25) is 5.92 Å². The maximum atomic E-state index is 13.6. The SMILES string of the molecule is Cn1ccnc1C1CC(NC(=O)c2ccc(N3CCCC(F)(F)CC3)nc2)CCO1. The van der Waals surface area contributed by atoms with E-state index < -0.39 is 5.92 Å². The molecule has 4 heterocycles. The molecule has 162 valence electrons. The molecule has 0 bridgehead atoms. The highest BCUT2D eigenvalue weighted by molar-refractivity contribution is 5.94. The zero-order valence-corrected chi connectivity index (χ0v) is 17.1. The molecule has 2 saturated heterocycles. The first-order valence-corrected chi connectivity index (χ1v) is 10.4. The molecule has 0 saturated carbocycles. The van der Waals surface area contributed by atoms with Crippen molar-refractivity contribution in [3.8, 4) is 0 Å². The number of pyridine rings is 1. The number of nitrogens with one attached hydrogen (secondary N) is 1. The third-order valence-electron chi connectivity index (χ3n) is 5.82. The molecule has 2 aromatic heterocycles. The predicted octanol–water partition coefficient (Wildman–Crippen LogP) is 3.09. The maximum Gasteiger partial charge on any atom is 0.253 e. The Kier molecular flexibility index (Phi) is 5.99. The van der Waals surface area contributed by atoms with Gasteiger partial charge in [0, 0.05) is 70.6 Å². The summed E-state index contributed by atoms with van der Waals surface area (Å²) in [6.45, 7) is 1.37. The molecule has 2 atom stereocenters. The van der Waals surface area contributed by atoms with E-state index in [1.807, 2.05) is 22.7 Å². The second-order valence-electron chi connectivity index (χ2n) is 8.05. The Bertz CT molecular complexity index is 871. The van der Waals surface area contributed by atoms with Gasteiger partial charge >= 0.3 is 0 Å². The van der Waals surface area contributed by atoms with E-state index in [4.69, 9.17) is 4.74 Å². The molecule has 2 fully saturated rings. The number of halogens is 2. The van der Waals surface area contributed by atoms with Crippen molar-refractivity contribution in [3.05, 3.63) is 42.1 Å². The van der Waals surface area contributed by atoms with Crippen LogP contribution in [0.15, 0.2) is 30.7 Å². The summed E-state index contributed by atoms with van der Waals surface area (Å²) in [4.78, 5) is 23.2. The molecular weight excluding hydrogens is 392 g/mol. The Morgan fingerprint density at radius 1 is 1.27 bits per heavy atom. The van der Waals surface area contributed by atoms with E-state index in [1.165, 1.54) is 6.20 Å². The average Bonchev–Trinajstić information content (AvgIpc) is 3.08. The van der Waals surface area contributed by atoms with Crippen LogP contribution in [0.25, 0.3) is 0 Å². The number of carbonyl (C=O) groups excluding carboxylic acids is 1. The van der Waals surface area contributed by atoms with E-state index in [9.17, 15) is 13.6 Å². The average molecular weight is 419 g/mol. The fraction of sp³-hybridized carbons (Fsp3) is 0.571. The van der Waals surface area contributed by atoms with E-state index in [1.54, 1.807) is 18.3 Å². The summed E-state index contributed by atoms with van der Waals surface area (Å²) in [6, 6.07) is 3.43. The maximum absolute atomic E-state index is 13.6. The van der Waals surface area contributed by atoms with Crippen molar-refractivity contribution >= 4 is 11.7 Å². The molecule has 0 aliphatic carbocycles. The van der Waals surface area contributed by atoms with E-state index in [-0.39, 0.29) is 37.4 Å². The molecular formula is C21H27F2N5O2. The molecule has 0 radical (unpaired) electrons. The number of ether oxygens (including phenoxy) is 1. The summed E-state index contributed by atoms with van der Waals surface area (Å²) in [5.41, 5.74) is 0.457. The number of amides is 1. The van der Waals surface area contributed by atoms with Crippen LogP contribution in [0.4, 0.5) is 14.6 Å². The van der Waals surface area contributed by atoms with Crippen molar-refractivity contribution < 1.29 is 18.3 Å². The molecule has 0 spiro atoms. The Morgan fingerprint density at radius 2 is 2.13 bits per heavy atom. The number of anilines is 1. The van der Waals surface area contributed by atoms with Gasteiger partial charge in [0.1, 0.15) is 17.7 Å². The zero-order valence-electron chi connectivity index (χ0n) is 17.1. The first-order chi connectivity index (χ1) is 14.4. The fourth-order valence-electron chi connectivity index (χ4n) is 4.06. The Balaban J connectivity index is 1.35. The van der Waals surface area contributed by atoms with Crippen LogP contribution in [0, 0.1) is 0 Å². The van der Waals surface area contributed by atoms with Gasteiger partial charge in [-0.25, -0.2) is 18.7 Å². The van der Waals surface area contributed by atoms with Gasteiger partial charge in [0.05, 0.1) is 5.56 Å². The normalized spacial score (nSPS) is 24.3. The summed E-state index contributed by atoms with van der Waals surface area (Å²) < 4.78 is 34.9. The van der Waals surface area contributed by atoms with Crippen molar-refractivity contribution in [3.63, 3.8) is 0 Å². The third kappa shape index (κ3) is 4.77. The van der Waals surface area contributed by atoms with Crippen LogP contribution in [0.5, 0.6) is 0 Å². The highest BCUT2D eigenvalue weighted by Gasteiger charge is 2.32. The molecule has 1 amide bonds. The summed E-state index contributed by atoms with van der Waals surface area (Å²) in [6.07, 6.45) is 6.54. The van der Waals surface area contributed by atoms with E-state index in [2.05, 4.69) is 15.3 Å². The van der Waals surface area contributed by atoms with Gasteiger partial charge < -0.3 is 19.5 Å². The van der Waals surface area contributed by atoms with Crippen LogP contribution in [0.2, 0.25) is 0 Å². The summed E-state index contributed by atoms with van der Waals surface area (Å²) in [5.74, 6) is -1.32. The third-order valence-corrected chi connectivity index (χ3v) is 5.82. The van der Waals surface area contributed by atoms with Gasteiger partial charge in [-0.15, -0.1) is 0 Å². The van der Waals surface area contributed by atoms with Gasteiger partial charge in [-0.1, -0.05) is 0 Å². The molecule has 7 nitrogen and oxygen atoms in total. The summed E-state index contributed by atoms with van der Waals surface area (Å²) in [5, 5.41) is 3.06. The van der Waals surface area contributed by atoms with Gasteiger partial charge in [-0.2, -0.15) is 0 Å². The summed E-state index contributed by atoms with van der Waals surface area (Å²) in [7, 11) is 1.92. The highest BCUT2D eigenvalue weighted by Crippen LogP contribution is 2.30. The number of nitrogens with zero attached hydrogens (tertiary/aromatic N) is 4. The largest absolute Gasteiger partial charge is 0.370 e. The number of hydrogen-bond acceptors (Lipinski definition) is 5. The Labute approximate surface area is 174 Å². The van der Waals surface area contributed by atoms with Crippen LogP contribution in [0.1, 0.15) is 54.4 Å². The first kappa shape index (κ1) is 20.7. The van der Waals surface area contributed by atoms with Crippen molar-refractivity contribution in [1.29, 1.82) is 0 Å². The number of carbonyl (C=O) groups is 1. The van der Waals surface area contributed by atoms with E-state index in [0.717, 1.165) is 12.2 Å². The lowest BCUT2D eigenvalue weighted by Gasteiger charge is -2.29. The number of aryl methyl sites for hydroxylation is 1. The number of aromatic nitrogens is 3. The van der Waals surface area contributed by atoms with Crippen LogP contribution in [0.3, 0.4) is 0 Å². The standard InChI is InChI=1S/C21H27F2N5O2/c1-27-11-8-24-19(27)17-13-16(5-12-30-17)26-20(29)15-3-4-18(25-14-15)28-9-2-6-21(22,23)7-10-28/h3-4,8,11,14,16-17H,2,5-7,9-10,12-13H2,1H3,(H,26,29). The monoisotopic (exact) mass is 419 g/mol. The first-order valence-electron chi connectivity index (χ1n) is 10.4. The van der Waals surface area contributed by atoms with Crippen molar-refractivity contribution in [2.45, 2.75) is 50.2 Å². The molecule has 9 heteroatoms. The van der Waals surface area contributed by atoms with Crippen LogP contribution >= 0.6 is 0 Å². The molecule has 4 rings (SSSR count). The molecule has 2 aromatic rings. The summed E-state index contributed by atoms with van der Waals surface area (Å²) >= 11 is 0. The fourth-order valence-corrected chi connectivity index (χ4v) is 4.06. The van der Waals surface area contributed by atoms with Crippen molar-refractivity contribution in [2.24, 2.45) is 7.05 Å². The minimum absolute atomic E-state index is 0.0135. The number of hydrogen-bond donors (Lipinski definition) is 1. The predicted molar refractivity (Wildman–Crippen MR) is 108 cm³/mol. The smallest absolute Gasteiger partial charge is 0.253 e.